The van der Waals surface area contributed by atoms with Crippen molar-refractivity contribution in [2.24, 2.45) is 0 Å². The van der Waals surface area contributed by atoms with Crippen LogP contribution in [0.2, 0.25) is 0 Å². The summed E-state index contributed by atoms with van der Waals surface area (Å²) < 4.78 is 47.6. The Morgan fingerprint density at radius 1 is 0.569 bits per heavy atom. The monoisotopic (exact) mass is 878 g/mol. The molecule has 0 saturated carbocycles. The summed E-state index contributed by atoms with van der Waals surface area (Å²) in [5, 5.41) is 129. The van der Waals surface area contributed by atoms with Crippen molar-refractivity contribution in [1.82, 2.24) is 10.6 Å². The fraction of sp³-hybridized carbons (Fsp3) is 0.867. The third-order valence-electron chi connectivity index (χ3n) is 8.94. The molecule has 0 aliphatic carbocycles. The number of nitrogens with one attached hydrogen (secondary N) is 2. The molecule has 4 rings (SSSR count). The zero-order valence-corrected chi connectivity index (χ0v) is 31.5. The second-order valence-electron chi connectivity index (χ2n) is 13.4. The van der Waals surface area contributed by atoms with Crippen LogP contribution in [-0.4, -0.2) is 268 Å². The minimum absolute atomic E-state index is 0. The van der Waals surface area contributed by atoms with Crippen LogP contribution in [0.4, 0.5) is 0 Å². The Labute approximate surface area is 354 Å². The van der Waals surface area contributed by atoms with E-state index in [9.17, 15) is 85.0 Å². The average Bonchev–Trinajstić information content (AvgIpc) is 3.11. The standard InChI is InChI=1S/C28H44N2O23.C2H6OS.Na.H/c1-5(33)29-9-18(11(35)7(3-31)47-25(9)46)49-28-17(41)15(39)20(22(53-28)24(44)45)51-26-10(30-6(2)34)19(12(36)8(4-32)48-26)50-27-16(40)13(37)14(38)21(52-27)23(42)43;1-4(2)3;;/h7-22,25-28,31-32,35-41,46H,3-4H2,1-2H3,(H,29,33)(H,30,34)(H,42,43)(H,44,45);1-2H3;;/t7-,8-,9-,10-,11-,12-,13+,14+,15-,16-,17-,18-,19-,20+,21+,22+,25-,26+,27-,28-;;;/m1.../s1. The number of carboxylic acids is 2. The number of ether oxygens (including phenoxy) is 7. The first-order chi connectivity index (χ1) is 26.5. The second kappa shape index (κ2) is 23.1. The van der Waals surface area contributed by atoms with Crippen molar-refractivity contribution in [2.45, 2.75) is 137 Å². The zero-order chi connectivity index (χ0) is 43.2. The van der Waals surface area contributed by atoms with Crippen molar-refractivity contribution in [3.05, 3.63) is 0 Å². The topological polar surface area (TPSA) is 423 Å². The van der Waals surface area contributed by atoms with Crippen molar-refractivity contribution in [3.63, 3.8) is 0 Å². The molecule has 26 nitrogen and oxygen atoms in total. The van der Waals surface area contributed by atoms with Crippen molar-refractivity contribution in [3.8, 4) is 0 Å². The molecule has 58 heavy (non-hydrogen) atoms. The predicted molar refractivity (Wildman–Crippen MR) is 185 cm³/mol. The summed E-state index contributed by atoms with van der Waals surface area (Å²) in [7, 11) is 0. The Morgan fingerprint density at radius 3 is 1.41 bits per heavy atom. The van der Waals surface area contributed by atoms with Gasteiger partial charge >= 0.3 is 41.5 Å². The quantitative estimate of drug-likeness (QED) is 0.0639. The third kappa shape index (κ3) is 12.8. The van der Waals surface area contributed by atoms with Gasteiger partial charge in [0.05, 0.1) is 25.7 Å². The van der Waals surface area contributed by atoms with Crippen LogP contribution in [0.25, 0.3) is 0 Å². The number of carbonyl (C=O) groups is 4. The van der Waals surface area contributed by atoms with Gasteiger partial charge in [0.1, 0.15) is 85.3 Å². The van der Waals surface area contributed by atoms with E-state index in [1.54, 1.807) is 12.5 Å². The minimum atomic E-state index is -2.30. The molecule has 0 unspecified atom stereocenters. The van der Waals surface area contributed by atoms with Crippen LogP contribution in [0.5, 0.6) is 0 Å². The molecule has 28 heteroatoms. The molecule has 4 fully saturated rings. The summed E-state index contributed by atoms with van der Waals surface area (Å²) in [5.41, 5.74) is 0. The van der Waals surface area contributed by atoms with E-state index in [4.69, 9.17) is 33.2 Å². The Balaban J connectivity index is 0.00000221. The van der Waals surface area contributed by atoms with Crippen molar-refractivity contribution in [1.29, 1.82) is 0 Å². The van der Waals surface area contributed by atoms with Gasteiger partial charge in [0, 0.05) is 13.8 Å². The molecule has 4 heterocycles. The summed E-state index contributed by atoms with van der Waals surface area (Å²) in [4.78, 5) is 48.2. The number of aliphatic hydroxyl groups excluding tert-OH is 10. The molecule has 14 N–H and O–H groups in total. The van der Waals surface area contributed by atoms with Crippen LogP contribution in [0, 0.1) is 0 Å². The van der Waals surface area contributed by atoms with Crippen LogP contribution in [0.15, 0.2) is 0 Å². The normalized spacial score (nSPS) is 42.9. The van der Waals surface area contributed by atoms with Crippen LogP contribution >= 0.6 is 0 Å². The fourth-order valence-corrected chi connectivity index (χ4v) is 6.30. The van der Waals surface area contributed by atoms with Gasteiger partial charge in [-0.25, -0.2) is 9.59 Å². The Morgan fingerprint density at radius 2 is 0.966 bits per heavy atom. The van der Waals surface area contributed by atoms with E-state index < -0.39 is 171 Å². The van der Waals surface area contributed by atoms with E-state index in [1.165, 1.54) is 0 Å². The molecular weight excluding hydrogens is 827 g/mol. The van der Waals surface area contributed by atoms with Crippen LogP contribution < -0.4 is 10.6 Å². The molecule has 4 aliphatic heterocycles. The molecule has 0 aromatic rings. The summed E-state index contributed by atoms with van der Waals surface area (Å²) in [6.45, 7) is 0.116. The number of hydrogen-bond acceptors (Lipinski definition) is 22. The van der Waals surface area contributed by atoms with Gasteiger partial charge in [-0.15, -0.1) is 0 Å². The number of rotatable bonds is 12. The van der Waals surface area contributed by atoms with E-state index >= 15 is 0 Å². The van der Waals surface area contributed by atoms with Gasteiger partial charge in [0.2, 0.25) is 11.8 Å². The Kier molecular flexibility index (Phi) is 21.0. The van der Waals surface area contributed by atoms with Gasteiger partial charge < -0.3 is 110 Å². The number of hydrogen-bond donors (Lipinski definition) is 14. The molecule has 2 amide bonds. The van der Waals surface area contributed by atoms with Crippen LogP contribution in [0.3, 0.4) is 0 Å². The molecule has 0 aromatic heterocycles. The molecule has 4 saturated heterocycles. The first kappa shape index (κ1) is 52.6. The molecule has 0 bridgehead atoms. The molecule has 4 aliphatic rings. The van der Waals surface area contributed by atoms with E-state index in [0.29, 0.717) is 0 Å². The van der Waals surface area contributed by atoms with Crippen LogP contribution in [-0.2, 0) is 63.5 Å². The number of carbonyl (C=O) groups excluding carboxylic acids is 2. The van der Waals surface area contributed by atoms with Gasteiger partial charge in [-0.2, -0.15) is 0 Å². The molecular formula is C30H51N2NaO24S. The van der Waals surface area contributed by atoms with Gasteiger partial charge in [-0.3, -0.25) is 9.59 Å². The third-order valence-corrected chi connectivity index (χ3v) is 8.94. The predicted octanol–water partition coefficient (Wildman–Crippen LogP) is -9.93. The van der Waals surface area contributed by atoms with E-state index in [1.807, 2.05) is 0 Å². The van der Waals surface area contributed by atoms with E-state index in [0.717, 1.165) is 13.8 Å². The van der Waals surface area contributed by atoms with Gasteiger partial charge in [0.25, 0.3) is 0 Å². The van der Waals surface area contributed by atoms with Crippen molar-refractivity contribution in [2.75, 3.05) is 25.7 Å². The number of amides is 2. The Bertz CT molecular complexity index is 1360. The molecule has 0 radical (unpaired) electrons. The number of aliphatic hydroxyl groups is 10. The van der Waals surface area contributed by atoms with Crippen molar-refractivity contribution < 1.29 is 118 Å². The van der Waals surface area contributed by atoms with E-state index in [2.05, 4.69) is 10.6 Å². The maximum absolute atomic E-state index is 12.5. The zero-order valence-electron chi connectivity index (χ0n) is 30.6. The maximum atomic E-state index is 12.5. The van der Waals surface area contributed by atoms with Gasteiger partial charge in [0.15, 0.2) is 37.4 Å². The Hall–Kier alpha value is -1.49. The molecule has 0 aromatic carbocycles. The first-order valence-corrected chi connectivity index (χ1v) is 19.0. The SMILES string of the molecule is CC(=O)N[C@@H]1[C@@H](O[C@@H]2O[C@H](C(=O)O)[C@@H](O[C@@H]3O[C@H](CO)[C@@H](O)[C@H](O[C@@H]4O[C@H](C(=O)O)[C@@H](O)[C@H](O)[C@H]4O)[C@H]3NC(C)=O)[C@H](O)[C@H]2O)[C@H](O)[C@@H](CO)O[C@H]1O.C[S+](C)[O-].[NaH]. The van der Waals surface area contributed by atoms with Crippen molar-refractivity contribution >= 4 is 64.5 Å². The summed E-state index contributed by atoms with van der Waals surface area (Å²) in [6.07, 6.45) is -33.3. The molecule has 20 atom stereocenters. The van der Waals surface area contributed by atoms with Crippen LogP contribution in [0.1, 0.15) is 13.8 Å². The van der Waals surface area contributed by atoms with Gasteiger partial charge in [-0.1, -0.05) is 11.2 Å². The molecule has 332 valence electrons. The average molecular weight is 879 g/mol. The number of carboxylic acid groups (broad SMARTS) is 2. The fourth-order valence-electron chi connectivity index (χ4n) is 6.30. The van der Waals surface area contributed by atoms with E-state index in [-0.39, 0.29) is 29.6 Å². The number of aliphatic carboxylic acids is 2. The summed E-state index contributed by atoms with van der Waals surface area (Å²) in [6, 6.07) is -3.38. The van der Waals surface area contributed by atoms with Gasteiger partial charge in [-0.05, 0) is 0 Å². The first-order valence-electron chi connectivity index (χ1n) is 17.0. The molecule has 0 spiro atoms. The summed E-state index contributed by atoms with van der Waals surface area (Å²) >= 11 is -0.611. The summed E-state index contributed by atoms with van der Waals surface area (Å²) in [5.74, 6) is -5.28. The second-order valence-corrected chi connectivity index (χ2v) is 14.9.